The van der Waals surface area contributed by atoms with Crippen molar-refractivity contribution in [1.29, 1.82) is 0 Å². The van der Waals surface area contributed by atoms with Crippen molar-refractivity contribution in [2.24, 2.45) is 7.05 Å². The fourth-order valence-corrected chi connectivity index (χ4v) is 2.11. The van der Waals surface area contributed by atoms with Gasteiger partial charge < -0.3 is 9.84 Å². The van der Waals surface area contributed by atoms with Crippen LogP contribution < -0.4 is 4.74 Å². The van der Waals surface area contributed by atoms with Crippen LogP contribution in [0.5, 0.6) is 5.75 Å². The fourth-order valence-electron chi connectivity index (χ4n) is 1.88. The molecule has 0 fully saturated rings. The number of nitrogens with zero attached hydrogens (tertiary/aromatic N) is 2. The first kappa shape index (κ1) is 14.8. The predicted molar refractivity (Wildman–Crippen MR) is 74.3 cm³/mol. The number of aliphatic hydroxyl groups is 1. The minimum atomic E-state index is -0.714. The van der Waals surface area contributed by atoms with Gasteiger partial charge in [0.2, 0.25) is 0 Å². The molecule has 2 aromatic rings. The third kappa shape index (κ3) is 2.94. The van der Waals surface area contributed by atoms with E-state index >= 15 is 0 Å². The molecule has 108 valence electrons. The van der Waals surface area contributed by atoms with E-state index in [9.17, 15) is 9.50 Å². The molecule has 1 heterocycles. The van der Waals surface area contributed by atoms with Crippen LogP contribution in [0.25, 0.3) is 0 Å². The Hall–Kier alpha value is -1.59. The van der Waals surface area contributed by atoms with E-state index in [1.165, 1.54) is 12.1 Å². The zero-order valence-corrected chi connectivity index (χ0v) is 12.3. The van der Waals surface area contributed by atoms with E-state index in [2.05, 4.69) is 5.10 Å². The molecule has 0 bridgehead atoms. The molecule has 0 aliphatic heterocycles. The first-order valence-electron chi connectivity index (χ1n) is 6.18. The van der Waals surface area contributed by atoms with Gasteiger partial charge in [0.1, 0.15) is 11.8 Å². The van der Waals surface area contributed by atoms with Gasteiger partial charge in [-0.05, 0) is 31.5 Å². The summed E-state index contributed by atoms with van der Waals surface area (Å²) in [6.07, 6.45) is -0.714. The van der Waals surface area contributed by atoms with Gasteiger partial charge in [0.15, 0.2) is 11.6 Å². The quantitative estimate of drug-likeness (QED) is 0.943. The Morgan fingerprint density at radius 2 is 2.20 bits per heavy atom. The Morgan fingerprint density at radius 1 is 1.50 bits per heavy atom. The molecule has 1 aromatic heterocycles. The van der Waals surface area contributed by atoms with Crippen LogP contribution in [0.2, 0.25) is 5.15 Å². The first-order valence-corrected chi connectivity index (χ1v) is 6.56. The number of rotatable bonds is 4. The zero-order valence-electron chi connectivity index (χ0n) is 11.5. The highest BCUT2D eigenvalue weighted by molar-refractivity contribution is 6.30. The lowest BCUT2D eigenvalue weighted by molar-refractivity contribution is 0.198. The van der Waals surface area contributed by atoms with Gasteiger partial charge in [-0.15, -0.1) is 0 Å². The second-order valence-electron chi connectivity index (χ2n) is 4.63. The van der Waals surface area contributed by atoms with Crippen molar-refractivity contribution in [3.05, 3.63) is 46.0 Å². The van der Waals surface area contributed by atoms with Crippen LogP contribution in [0.15, 0.2) is 18.2 Å². The molecule has 0 aliphatic rings. The van der Waals surface area contributed by atoms with Gasteiger partial charge in [-0.3, -0.25) is 4.68 Å². The molecule has 6 heteroatoms. The SMILES string of the molecule is Cc1nn(C)c(Cl)c1COc1ccc([C@H](C)O)cc1F. The number of aromatic nitrogens is 2. The number of hydrogen-bond acceptors (Lipinski definition) is 3. The molecular formula is C14H16ClFN2O2. The van der Waals surface area contributed by atoms with Crippen LogP contribution in [0, 0.1) is 12.7 Å². The van der Waals surface area contributed by atoms with Crippen molar-refractivity contribution in [2.45, 2.75) is 26.6 Å². The van der Waals surface area contributed by atoms with E-state index in [0.717, 1.165) is 11.3 Å². The van der Waals surface area contributed by atoms with Crippen LogP contribution in [-0.2, 0) is 13.7 Å². The smallest absolute Gasteiger partial charge is 0.165 e. The number of hydrogen-bond donors (Lipinski definition) is 1. The highest BCUT2D eigenvalue weighted by Gasteiger charge is 2.13. The molecule has 4 nitrogen and oxygen atoms in total. The Balaban J connectivity index is 2.15. The van der Waals surface area contributed by atoms with Crippen molar-refractivity contribution < 1.29 is 14.2 Å². The summed E-state index contributed by atoms with van der Waals surface area (Å²) in [7, 11) is 1.73. The predicted octanol–water partition coefficient (Wildman–Crippen LogP) is 3.15. The molecule has 1 aromatic carbocycles. The van der Waals surface area contributed by atoms with E-state index in [0.29, 0.717) is 10.7 Å². The highest BCUT2D eigenvalue weighted by atomic mass is 35.5. The summed E-state index contributed by atoms with van der Waals surface area (Å²) >= 11 is 6.08. The molecular weight excluding hydrogens is 283 g/mol. The zero-order chi connectivity index (χ0) is 14.9. The van der Waals surface area contributed by atoms with Crippen LogP contribution >= 0.6 is 11.6 Å². The monoisotopic (exact) mass is 298 g/mol. The third-order valence-electron chi connectivity index (χ3n) is 3.08. The maximum Gasteiger partial charge on any atom is 0.165 e. The molecule has 20 heavy (non-hydrogen) atoms. The minimum Gasteiger partial charge on any atom is -0.486 e. The van der Waals surface area contributed by atoms with Crippen LogP contribution in [-0.4, -0.2) is 14.9 Å². The average molecular weight is 299 g/mol. The number of benzene rings is 1. The van der Waals surface area contributed by atoms with Crippen molar-refractivity contribution in [2.75, 3.05) is 0 Å². The van der Waals surface area contributed by atoms with Gasteiger partial charge >= 0.3 is 0 Å². The summed E-state index contributed by atoms with van der Waals surface area (Å²) in [6, 6.07) is 4.38. The van der Waals surface area contributed by atoms with Gasteiger partial charge in [-0.2, -0.15) is 5.10 Å². The highest BCUT2D eigenvalue weighted by Crippen LogP contribution is 2.25. The molecule has 1 atom stereocenters. The molecule has 0 saturated heterocycles. The van der Waals surface area contributed by atoms with Crippen LogP contribution in [0.1, 0.15) is 29.8 Å². The molecule has 2 rings (SSSR count). The first-order chi connectivity index (χ1) is 9.40. The van der Waals surface area contributed by atoms with Gasteiger partial charge in [0.25, 0.3) is 0 Å². The van der Waals surface area contributed by atoms with E-state index < -0.39 is 11.9 Å². The Labute approximate surface area is 121 Å². The van der Waals surface area contributed by atoms with Gasteiger partial charge in [-0.1, -0.05) is 17.7 Å². The number of aliphatic hydroxyl groups excluding tert-OH is 1. The van der Waals surface area contributed by atoms with E-state index in [4.69, 9.17) is 16.3 Å². The van der Waals surface area contributed by atoms with Crippen molar-refractivity contribution in [3.8, 4) is 5.75 Å². The summed E-state index contributed by atoms with van der Waals surface area (Å²) in [5.41, 5.74) is 1.98. The Bertz CT molecular complexity index is 626. The largest absolute Gasteiger partial charge is 0.486 e. The molecule has 0 amide bonds. The second-order valence-corrected chi connectivity index (χ2v) is 4.99. The lowest BCUT2D eigenvalue weighted by Gasteiger charge is -2.10. The number of aryl methyl sites for hydroxylation is 2. The molecule has 0 unspecified atom stereocenters. The van der Waals surface area contributed by atoms with Crippen LogP contribution in [0.3, 0.4) is 0 Å². The number of ether oxygens (including phenoxy) is 1. The summed E-state index contributed by atoms with van der Waals surface area (Å²) in [5, 5.41) is 14.0. The average Bonchev–Trinajstić information content (AvgIpc) is 2.62. The third-order valence-corrected chi connectivity index (χ3v) is 3.55. The standard InChI is InChI=1S/C14H16ClFN2O2/c1-8-11(14(15)18(3)17-8)7-20-13-5-4-10(9(2)19)6-12(13)16/h4-6,9,19H,7H2,1-3H3/t9-/m0/s1. The van der Waals surface area contributed by atoms with Crippen molar-refractivity contribution in [3.63, 3.8) is 0 Å². The molecule has 1 N–H and O–H groups in total. The molecule has 0 aliphatic carbocycles. The second kappa shape index (κ2) is 5.81. The lowest BCUT2D eigenvalue weighted by Crippen LogP contribution is -2.00. The van der Waals surface area contributed by atoms with E-state index in [1.54, 1.807) is 24.7 Å². The summed E-state index contributed by atoms with van der Waals surface area (Å²) in [5.74, 6) is -0.394. The summed E-state index contributed by atoms with van der Waals surface area (Å²) < 4.78 is 20.8. The maximum absolute atomic E-state index is 13.8. The topological polar surface area (TPSA) is 47.3 Å². The van der Waals surface area contributed by atoms with Gasteiger partial charge in [0.05, 0.1) is 11.8 Å². The van der Waals surface area contributed by atoms with Gasteiger partial charge in [0, 0.05) is 12.6 Å². The van der Waals surface area contributed by atoms with Gasteiger partial charge in [-0.25, -0.2) is 4.39 Å². The van der Waals surface area contributed by atoms with E-state index in [1.807, 2.05) is 6.92 Å². The molecule has 0 radical (unpaired) electrons. The van der Waals surface area contributed by atoms with Crippen molar-refractivity contribution >= 4 is 11.6 Å². The summed E-state index contributed by atoms with van der Waals surface area (Å²) in [6.45, 7) is 3.54. The fraction of sp³-hybridized carbons (Fsp3) is 0.357. The van der Waals surface area contributed by atoms with Crippen molar-refractivity contribution in [1.82, 2.24) is 9.78 Å². The lowest BCUT2D eigenvalue weighted by atomic mass is 10.1. The number of halogens is 2. The Kier molecular flexibility index (Phi) is 4.30. The van der Waals surface area contributed by atoms with Crippen LogP contribution in [0.4, 0.5) is 4.39 Å². The maximum atomic E-state index is 13.8. The molecule has 0 saturated carbocycles. The minimum absolute atomic E-state index is 0.119. The normalized spacial score (nSPS) is 12.5. The Morgan fingerprint density at radius 3 is 2.70 bits per heavy atom. The summed E-state index contributed by atoms with van der Waals surface area (Å²) in [4.78, 5) is 0. The molecule has 0 spiro atoms. The van der Waals surface area contributed by atoms with E-state index in [-0.39, 0.29) is 12.4 Å².